The van der Waals surface area contributed by atoms with Crippen LogP contribution in [0.5, 0.6) is 0 Å². The maximum absolute atomic E-state index is 4.28. The van der Waals surface area contributed by atoms with E-state index in [0.29, 0.717) is 12.0 Å². The van der Waals surface area contributed by atoms with Crippen molar-refractivity contribution in [3.05, 3.63) is 47.3 Å². The highest BCUT2D eigenvalue weighted by Gasteiger charge is 2.20. The molecule has 1 atom stereocenters. The zero-order valence-electron chi connectivity index (χ0n) is 15.6. The molecule has 2 nitrogen and oxygen atoms in total. The summed E-state index contributed by atoms with van der Waals surface area (Å²) in [6.07, 6.45) is 4.58. The number of hydrogen-bond donors (Lipinski definition) is 0. The molecule has 1 aromatic rings. The van der Waals surface area contributed by atoms with E-state index in [0.717, 1.165) is 30.1 Å². The molecule has 1 rings (SSSR count). The topological polar surface area (TPSA) is 8.17 Å². The van der Waals surface area contributed by atoms with Gasteiger partial charge in [0.25, 0.3) is 0 Å². The molecular weight excluding hydrogens is 280 g/mol. The van der Waals surface area contributed by atoms with Crippen molar-refractivity contribution in [1.29, 1.82) is 0 Å². The fourth-order valence-corrected chi connectivity index (χ4v) is 3.34. The Morgan fingerprint density at radius 3 is 2.13 bits per heavy atom. The average Bonchev–Trinajstić information content (AvgIpc) is 2.77. The molecular formula is C21H34N2. The van der Waals surface area contributed by atoms with Crippen molar-refractivity contribution in [3.8, 4) is 0 Å². The van der Waals surface area contributed by atoms with Gasteiger partial charge in [0.05, 0.1) is 6.04 Å². The molecule has 0 bridgehead atoms. The molecule has 128 valence electrons. The van der Waals surface area contributed by atoms with Crippen LogP contribution in [0.3, 0.4) is 0 Å². The minimum atomic E-state index is 0.379. The highest BCUT2D eigenvalue weighted by Crippen LogP contribution is 2.22. The molecule has 0 aliphatic rings. The molecule has 1 unspecified atom stereocenters. The number of aromatic nitrogens is 1. The van der Waals surface area contributed by atoms with Crippen LogP contribution in [0.2, 0.25) is 0 Å². The van der Waals surface area contributed by atoms with Crippen LogP contribution in [0.25, 0.3) is 13.2 Å². The third-order valence-electron chi connectivity index (χ3n) is 4.56. The van der Waals surface area contributed by atoms with Gasteiger partial charge >= 0.3 is 0 Å². The van der Waals surface area contributed by atoms with E-state index in [9.17, 15) is 0 Å². The second kappa shape index (κ2) is 8.81. The Morgan fingerprint density at radius 2 is 1.65 bits per heavy atom. The molecule has 0 aliphatic carbocycles. The summed E-state index contributed by atoms with van der Waals surface area (Å²) in [6.45, 7) is 24.1. The monoisotopic (exact) mass is 314 g/mol. The van der Waals surface area contributed by atoms with E-state index in [1.807, 2.05) is 12.1 Å². The fourth-order valence-electron chi connectivity index (χ4n) is 3.34. The molecule has 0 N–H and O–H groups in total. The maximum Gasteiger partial charge on any atom is 0.0513 e. The van der Waals surface area contributed by atoms with Gasteiger partial charge in [-0.1, -0.05) is 52.2 Å². The second-order valence-corrected chi connectivity index (χ2v) is 6.99. The van der Waals surface area contributed by atoms with Gasteiger partial charge in [0, 0.05) is 30.0 Å². The maximum atomic E-state index is 4.28. The molecule has 0 aromatic carbocycles. The lowest BCUT2D eigenvalue weighted by Gasteiger charge is -2.35. The molecule has 0 saturated heterocycles. The predicted molar refractivity (Wildman–Crippen MR) is 104 cm³/mol. The van der Waals surface area contributed by atoms with Gasteiger partial charge in [-0.2, -0.15) is 0 Å². The Morgan fingerprint density at radius 1 is 1.09 bits per heavy atom. The fraction of sp³-hybridized carbons (Fsp3) is 0.524. The SMILES string of the molecule is C=C(C)C(C(C)C)N(C)C(=C)CCCCCn1c(=C)ccc1=C. The van der Waals surface area contributed by atoms with Crippen LogP contribution in [0.4, 0.5) is 0 Å². The van der Waals surface area contributed by atoms with Crippen molar-refractivity contribution < 1.29 is 0 Å². The lowest BCUT2D eigenvalue weighted by Crippen LogP contribution is -2.35. The smallest absolute Gasteiger partial charge is 0.0513 e. The first-order valence-corrected chi connectivity index (χ1v) is 8.65. The van der Waals surface area contributed by atoms with Crippen molar-refractivity contribution in [3.63, 3.8) is 0 Å². The molecule has 0 spiro atoms. The summed E-state index contributed by atoms with van der Waals surface area (Å²) in [5.74, 6) is 0.550. The van der Waals surface area contributed by atoms with E-state index in [1.165, 1.54) is 24.1 Å². The first-order chi connectivity index (χ1) is 10.8. The highest BCUT2D eigenvalue weighted by molar-refractivity contribution is 5.10. The number of likely N-dealkylation sites (N-methyl/N-ethyl adjacent to an activating group) is 1. The molecule has 0 fully saturated rings. The van der Waals surface area contributed by atoms with Crippen LogP contribution in [0, 0.1) is 5.92 Å². The summed E-state index contributed by atoms with van der Waals surface area (Å²) < 4.78 is 2.19. The lowest BCUT2D eigenvalue weighted by atomic mass is 9.96. The van der Waals surface area contributed by atoms with Crippen molar-refractivity contribution in [2.45, 2.75) is 59.0 Å². The molecule has 1 heterocycles. The van der Waals surface area contributed by atoms with Gasteiger partial charge in [0.15, 0.2) is 0 Å². The van der Waals surface area contributed by atoms with E-state index in [1.54, 1.807) is 0 Å². The first-order valence-electron chi connectivity index (χ1n) is 8.65. The van der Waals surface area contributed by atoms with Crippen molar-refractivity contribution in [2.24, 2.45) is 5.92 Å². The van der Waals surface area contributed by atoms with Gasteiger partial charge < -0.3 is 9.47 Å². The molecule has 23 heavy (non-hydrogen) atoms. The number of rotatable bonds is 10. The second-order valence-electron chi connectivity index (χ2n) is 6.99. The minimum Gasteiger partial charge on any atom is -0.371 e. The van der Waals surface area contributed by atoms with Gasteiger partial charge in [0.2, 0.25) is 0 Å². The number of hydrogen-bond acceptors (Lipinski definition) is 1. The summed E-state index contributed by atoms with van der Waals surface area (Å²) in [5.41, 5.74) is 2.42. The summed E-state index contributed by atoms with van der Waals surface area (Å²) in [4.78, 5) is 2.31. The highest BCUT2D eigenvalue weighted by atomic mass is 15.1. The Kier molecular flexibility index (Phi) is 7.41. The lowest BCUT2D eigenvalue weighted by molar-refractivity contribution is 0.267. The molecule has 0 radical (unpaired) electrons. The zero-order chi connectivity index (χ0) is 17.6. The predicted octanol–water partition coefficient (Wildman–Crippen LogP) is 3.92. The van der Waals surface area contributed by atoms with Crippen molar-refractivity contribution in [1.82, 2.24) is 9.47 Å². The first kappa shape index (κ1) is 19.3. The van der Waals surface area contributed by atoms with Crippen molar-refractivity contribution in [2.75, 3.05) is 7.05 Å². The molecule has 0 amide bonds. The largest absolute Gasteiger partial charge is 0.371 e. The van der Waals surface area contributed by atoms with Gasteiger partial charge in [-0.05, 0) is 44.2 Å². The standard InChI is InChI=1S/C21H34N2/c1-16(2)21(17(3)4)22(8)18(5)12-10-9-11-15-23-19(6)13-14-20(23)7/h13-14,17,21H,1,5-7,9-12,15H2,2-4,8H3. The van der Waals surface area contributed by atoms with E-state index < -0.39 is 0 Å². The van der Waals surface area contributed by atoms with Crippen LogP contribution in [-0.4, -0.2) is 22.6 Å². The summed E-state index contributed by atoms with van der Waals surface area (Å²) in [7, 11) is 2.14. The molecule has 2 heteroatoms. The quantitative estimate of drug-likeness (QED) is 0.469. The van der Waals surface area contributed by atoms with Gasteiger partial charge in [0.1, 0.15) is 0 Å². The minimum absolute atomic E-state index is 0.379. The Balaban J connectivity index is 2.38. The van der Waals surface area contributed by atoms with Gasteiger partial charge in [-0.3, -0.25) is 0 Å². The molecule has 1 aromatic heterocycles. The van der Waals surface area contributed by atoms with Crippen molar-refractivity contribution >= 4 is 13.2 Å². The van der Waals surface area contributed by atoms with Gasteiger partial charge in [-0.25, -0.2) is 0 Å². The van der Waals surface area contributed by atoms with E-state index in [4.69, 9.17) is 0 Å². The van der Waals surface area contributed by atoms with Crippen LogP contribution < -0.4 is 10.7 Å². The van der Waals surface area contributed by atoms with E-state index in [-0.39, 0.29) is 0 Å². The van der Waals surface area contributed by atoms with Crippen LogP contribution in [0.1, 0.15) is 46.5 Å². The third-order valence-corrected chi connectivity index (χ3v) is 4.56. The normalized spacial score (nSPS) is 12.4. The summed E-state index contributed by atoms with van der Waals surface area (Å²) >= 11 is 0. The molecule has 0 saturated carbocycles. The van der Waals surface area contributed by atoms with Crippen LogP contribution >= 0.6 is 0 Å². The van der Waals surface area contributed by atoms with Gasteiger partial charge in [-0.15, -0.1) is 0 Å². The number of unbranched alkanes of at least 4 members (excludes halogenated alkanes) is 2. The summed E-state index contributed by atoms with van der Waals surface area (Å²) in [6, 6.07) is 4.44. The Labute approximate surface area is 142 Å². The zero-order valence-corrected chi connectivity index (χ0v) is 15.6. The summed E-state index contributed by atoms with van der Waals surface area (Å²) in [5, 5.41) is 2.11. The van der Waals surface area contributed by atoms with Crippen LogP contribution in [-0.2, 0) is 6.54 Å². The third kappa shape index (κ3) is 5.46. The van der Waals surface area contributed by atoms with E-state index >= 15 is 0 Å². The molecule has 0 aliphatic heterocycles. The van der Waals surface area contributed by atoms with Crippen LogP contribution in [0.15, 0.2) is 36.6 Å². The average molecular weight is 315 g/mol. The Hall–Kier alpha value is -1.70. The Bertz CT molecular complexity index is 593. The number of allylic oxidation sites excluding steroid dienone is 1. The number of nitrogens with zero attached hydrogens (tertiary/aromatic N) is 2. The van der Waals surface area contributed by atoms with E-state index in [2.05, 4.69) is 63.6 Å².